The fourth-order valence-electron chi connectivity index (χ4n) is 2.51. The van der Waals surface area contributed by atoms with Crippen LogP contribution in [0.15, 0.2) is 60.9 Å². The molecule has 0 aliphatic heterocycles. The largest absolute Gasteiger partial charge is 0.497 e. The first-order chi connectivity index (χ1) is 13.5. The highest BCUT2D eigenvalue weighted by molar-refractivity contribution is 5.93. The van der Waals surface area contributed by atoms with E-state index in [1.54, 1.807) is 7.11 Å². The van der Waals surface area contributed by atoms with Crippen LogP contribution in [0, 0.1) is 0 Å². The second-order valence-electron chi connectivity index (χ2n) is 6.39. The van der Waals surface area contributed by atoms with Crippen LogP contribution in [0.25, 0.3) is 0 Å². The maximum Gasteiger partial charge on any atom is 0.254 e. The van der Waals surface area contributed by atoms with E-state index in [-0.39, 0.29) is 5.91 Å². The maximum atomic E-state index is 12.3. The summed E-state index contributed by atoms with van der Waals surface area (Å²) in [5.41, 5.74) is 3.37. The Labute approximate surface area is 164 Å². The molecule has 0 spiro atoms. The average Bonchev–Trinajstić information content (AvgIpc) is 2.73. The van der Waals surface area contributed by atoms with Gasteiger partial charge in [-0.2, -0.15) is 0 Å². The van der Waals surface area contributed by atoms with Crippen molar-refractivity contribution in [1.29, 1.82) is 0 Å². The summed E-state index contributed by atoms with van der Waals surface area (Å²) in [4.78, 5) is 22.7. The van der Waals surface area contributed by atoms with Crippen LogP contribution in [0.3, 0.4) is 0 Å². The van der Waals surface area contributed by atoms with Gasteiger partial charge in [-0.3, -0.25) is 4.79 Å². The van der Waals surface area contributed by atoms with Gasteiger partial charge < -0.3 is 20.3 Å². The van der Waals surface area contributed by atoms with Gasteiger partial charge in [0.2, 0.25) is 5.95 Å². The number of hydrogen-bond acceptors (Lipinski definition) is 6. The van der Waals surface area contributed by atoms with Crippen LogP contribution in [0.2, 0.25) is 0 Å². The number of carbonyl (C=O) groups is 1. The van der Waals surface area contributed by atoms with E-state index in [4.69, 9.17) is 4.74 Å². The maximum absolute atomic E-state index is 12.3. The lowest BCUT2D eigenvalue weighted by molar-refractivity contribution is 0.0950. The Bertz CT molecular complexity index is 907. The first-order valence-electron chi connectivity index (χ1n) is 8.83. The van der Waals surface area contributed by atoms with E-state index in [1.807, 2.05) is 67.5 Å². The summed E-state index contributed by atoms with van der Waals surface area (Å²) in [6.45, 7) is 0.418. The highest BCUT2D eigenvalue weighted by atomic mass is 16.5. The highest BCUT2D eigenvalue weighted by Crippen LogP contribution is 2.18. The summed E-state index contributed by atoms with van der Waals surface area (Å²) < 4.78 is 5.12. The molecule has 0 aliphatic carbocycles. The van der Waals surface area contributed by atoms with E-state index in [0.717, 1.165) is 22.7 Å². The Kier molecular flexibility index (Phi) is 6.06. The third-order valence-corrected chi connectivity index (χ3v) is 4.17. The zero-order valence-corrected chi connectivity index (χ0v) is 16.1. The van der Waals surface area contributed by atoms with Gasteiger partial charge in [-0.25, -0.2) is 9.97 Å². The SMILES string of the molecule is COc1ccc(CNC(=O)c2cnc(Nc3ccc(N(C)C)cc3)nc2)cc1. The van der Waals surface area contributed by atoms with Crippen LogP contribution in [-0.2, 0) is 6.54 Å². The molecule has 0 atom stereocenters. The van der Waals surface area contributed by atoms with Crippen molar-refractivity contribution in [2.24, 2.45) is 0 Å². The summed E-state index contributed by atoms with van der Waals surface area (Å²) in [5.74, 6) is 0.991. The van der Waals surface area contributed by atoms with Gasteiger partial charge in [-0.05, 0) is 42.0 Å². The number of nitrogens with one attached hydrogen (secondary N) is 2. The minimum absolute atomic E-state index is 0.224. The third kappa shape index (κ3) is 4.97. The molecule has 3 rings (SSSR count). The zero-order chi connectivity index (χ0) is 19.9. The summed E-state index contributed by atoms with van der Waals surface area (Å²) in [5, 5.41) is 5.97. The Hall–Kier alpha value is -3.61. The fraction of sp³-hybridized carbons (Fsp3) is 0.190. The van der Waals surface area contributed by atoms with Crippen molar-refractivity contribution in [1.82, 2.24) is 15.3 Å². The van der Waals surface area contributed by atoms with E-state index < -0.39 is 0 Å². The zero-order valence-electron chi connectivity index (χ0n) is 16.1. The molecule has 0 fully saturated rings. The lowest BCUT2D eigenvalue weighted by Gasteiger charge is -2.13. The van der Waals surface area contributed by atoms with Crippen LogP contribution >= 0.6 is 0 Å². The predicted molar refractivity (Wildman–Crippen MR) is 110 cm³/mol. The highest BCUT2D eigenvalue weighted by Gasteiger charge is 2.07. The smallest absolute Gasteiger partial charge is 0.254 e. The van der Waals surface area contributed by atoms with E-state index in [2.05, 4.69) is 20.6 Å². The van der Waals surface area contributed by atoms with Crippen molar-refractivity contribution >= 4 is 23.2 Å². The van der Waals surface area contributed by atoms with Crippen LogP contribution < -0.4 is 20.3 Å². The summed E-state index contributed by atoms with van der Waals surface area (Å²) in [6, 6.07) is 15.4. The van der Waals surface area contributed by atoms with Crippen molar-refractivity contribution in [3.05, 3.63) is 72.1 Å². The first-order valence-corrected chi connectivity index (χ1v) is 8.83. The second kappa shape index (κ2) is 8.85. The van der Waals surface area contributed by atoms with Gasteiger partial charge in [-0.15, -0.1) is 0 Å². The Balaban J connectivity index is 1.56. The van der Waals surface area contributed by atoms with E-state index in [1.165, 1.54) is 12.4 Å². The third-order valence-electron chi connectivity index (χ3n) is 4.17. The van der Waals surface area contributed by atoms with Crippen LogP contribution in [0.4, 0.5) is 17.3 Å². The number of anilines is 3. The molecule has 0 aliphatic rings. The van der Waals surface area contributed by atoms with Crippen molar-refractivity contribution in [2.45, 2.75) is 6.54 Å². The molecule has 2 aromatic carbocycles. The Morgan fingerprint density at radius 3 is 2.21 bits per heavy atom. The number of benzene rings is 2. The van der Waals surface area contributed by atoms with Crippen molar-refractivity contribution in [3.8, 4) is 5.75 Å². The van der Waals surface area contributed by atoms with Crippen LogP contribution in [0.1, 0.15) is 15.9 Å². The Morgan fingerprint density at radius 1 is 1.00 bits per heavy atom. The van der Waals surface area contributed by atoms with Crippen molar-refractivity contribution < 1.29 is 9.53 Å². The molecule has 1 heterocycles. The molecule has 3 aromatic rings. The average molecular weight is 377 g/mol. The van der Waals surface area contributed by atoms with Gasteiger partial charge in [0.15, 0.2) is 0 Å². The molecular formula is C21H23N5O2. The lowest BCUT2D eigenvalue weighted by atomic mass is 10.2. The number of methoxy groups -OCH3 is 1. The molecule has 1 aromatic heterocycles. The molecule has 0 saturated heterocycles. The Morgan fingerprint density at radius 2 is 1.64 bits per heavy atom. The number of rotatable bonds is 7. The fourth-order valence-corrected chi connectivity index (χ4v) is 2.51. The standard InChI is InChI=1S/C21H23N5O2/c1-26(2)18-8-6-17(7-9-18)25-21-23-13-16(14-24-21)20(27)22-12-15-4-10-19(28-3)11-5-15/h4-11,13-14H,12H2,1-3H3,(H,22,27)(H,23,24,25). The molecular weight excluding hydrogens is 354 g/mol. The molecule has 2 N–H and O–H groups in total. The molecule has 7 nitrogen and oxygen atoms in total. The predicted octanol–water partition coefficient (Wildman–Crippen LogP) is 3.22. The topological polar surface area (TPSA) is 79.4 Å². The number of ether oxygens (including phenoxy) is 1. The molecule has 0 saturated carbocycles. The van der Waals surface area contributed by atoms with Crippen molar-refractivity contribution in [2.75, 3.05) is 31.4 Å². The van der Waals surface area contributed by atoms with Crippen LogP contribution in [0.5, 0.6) is 5.75 Å². The number of aromatic nitrogens is 2. The van der Waals surface area contributed by atoms with Gasteiger partial charge in [0.05, 0.1) is 12.7 Å². The van der Waals surface area contributed by atoms with Gasteiger partial charge in [0, 0.05) is 44.4 Å². The number of carbonyl (C=O) groups excluding carboxylic acids is 1. The molecule has 0 bridgehead atoms. The van der Waals surface area contributed by atoms with Gasteiger partial charge in [-0.1, -0.05) is 12.1 Å². The minimum atomic E-state index is -0.224. The first kappa shape index (κ1) is 19.2. The molecule has 144 valence electrons. The van der Waals surface area contributed by atoms with E-state index >= 15 is 0 Å². The van der Waals surface area contributed by atoms with Gasteiger partial charge >= 0.3 is 0 Å². The minimum Gasteiger partial charge on any atom is -0.497 e. The molecule has 28 heavy (non-hydrogen) atoms. The summed E-state index contributed by atoms with van der Waals surface area (Å²) >= 11 is 0. The summed E-state index contributed by atoms with van der Waals surface area (Å²) in [7, 11) is 5.60. The molecule has 0 radical (unpaired) electrons. The number of amides is 1. The van der Waals surface area contributed by atoms with E-state index in [0.29, 0.717) is 18.1 Å². The monoisotopic (exact) mass is 377 g/mol. The normalized spacial score (nSPS) is 10.2. The molecule has 7 heteroatoms. The molecule has 1 amide bonds. The van der Waals surface area contributed by atoms with Gasteiger partial charge in [0.25, 0.3) is 5.91 Å². The quantitative estimate of drug-likeness (QED) is 0.658. The second-order valence-corrected chi connectivity index (χ2v) is 6.39. The summed E-state index contributed by atoms with van der Waals surface area (Å²) in [6.07, 6.45) is 3.01. The van der Waals surface area contributed by atoms with Gasteiger partial charge in [0.1, 0.15) is 5.75 Å². The van der Waals surface area contributed by atoms with E-state index in [9.17, 15) is 4.79 Å². The lowest BCUT2D eigenvalue weighted by Crippen LogP contribution is -2.23. The molecule has 0 unspecified atom stereocenters. The van der Waals surface area contributed by atoms with Crippen molar-refractivity contribution in [3.63, 3.8) is 0 Å². The van der Waals surface area contributed by atoms with Crippen LogP contribution in [-0.4, -0.2) is 37.1 Å². The number of nitrogens with zero attached hydrogens (tertiary/aromatic N) is 3. The number of hydrogen-bond donors (Lipinski definition) is 2.